The zero-order chi connectivity index (χ0) is 26.2. The smallest absolute Gasteiger partial charge is 0.235 e. The van der Waals surface area contributed by atoms with E-state index >= 15 is 0 Å². The minimum atomic E-state index is -3.75. The van der Waals surface area contributed by atoms with Crippen LogP contribution in [0.3, 0.4) is 0 Å². The molecule has 1 aromatic rings. The lowest BCUT2D eigenvalue weighted by atomic mass is 9.52. The number of aliphatic hydroxyl groups is 1. The largest absolute Gasteiger partial charge is 0.507 e. The molecule has 2 fully saturated rings. The molecule has 35 heavy (non-hydrogen) atoms. The second-order valence-corrected chi connectivity index (χ2v) is 11.4. The van der Waals surface area contributed by atoms with Gasteiger partial charge in [0.15, 0.2) is 34.7 Å². The standard InChI is InChI=1S/C22H25N3O9S/c1-25(2)16-10-7-8-6-9-11(24-35(3,33)34)4-5-12(26)14(9)17(27)13(8)19(29)22(10,32)20(30)15(18(16)28)21(23)31/h4-5,8,10,13,15-16,24,26,32H,6-7H2,1-3H3,(H2,23,31)/t8-,10-,13?,15?,16?,22-/m1/s1. The third kappa shape index (κ3) is 3.56. The number of primary amides is 1. The molecule has 0 radical (unpaired) electrons. The maximum Gasteiger partial charge on any atom is 0.235 e. The normalized spacial score (nSPS) is 32.7. The van der Waals surface area contributed by atoms with Gasteiger partial charge in [0.25, 0.3) is 0 Å². The number of sulfonamides is 1. The van der Waals surface area contributed by atoms with Gasteiger partial charge in [0, 0.05) is 5.92 Å². The molecule has 4 rings (SSSR count). The predicted octanol–water partition coefficient (Wildman–Crippen LogP) is -1.76. The zero-order valence-corrected chi connectivity index (χ0v) is 20.0. The van der Waals surface area contributed by atoms with Crippen LogP contribution >= 0.6 is 0 Å². The third-order valence-corrected chi connectivity index (χ3v) is 7.83. The van der Waals surface area contributed by atoms with Crippen LogP contribution in [-0.4, -0.2) is 84.6 Å². The van der Waals surface area contributed by atoms with E-state index in [1.54, 1.807) is 0 Å². The van der Waals surface area contributed by atoms with Crippen molar-refractivity contribution in [2.75, 3.05) is 25.1 Å². The first-order valence-electron chi connectivity index (χ1n) is 10.8. The van der Waals surface area contributed by atoms with Gasteiger partial charge in [0.1, 0.15) is 5.75 Å². The van der Waals surface area contributed by atoms with E-state index in [-0.39, 0.29) is 29.7 Å². The Kier molecular flexibility index (Phi) is 5.65. The molecule has 0 spiro atoms. The Balaban J connectivity index is 1.88. The Labute approximate surface area is 200 Å². The maximum atomic E-state index is 13.6. The van der Waals surface area contributed by atoms with E-state index in [0.29, 0.717) is 0 Å². The van der Waals surface area contributed by atoms with Gasteiger partial charge in [-0.3, -0.25) is 33.6 Å². The van der Waals surface area contributed by atoms with Crippen LogP contribution in [-0.2, 0) is 35.6 Å². The zero-order valence-electron chi connectivity index (χ0n) is 19.1. The molecule has 0 saturated heterocycles. The summed E-state index contributed by atoms with van der Waals surface area (Å²) < 4.78 is 26.0. The molecular weight excluding hydrogens is 482 g/mol. The number of Topliss-reactive ketones (excluding diaryl/α,β-unsaturated/α-hetero) is 4. The summed E-state index contributed by atoms with van der Waals surface area (Å²) in [6.07, 6.45) is 0.746. The molecule has 2 saturated carbocycles. The molecule has 3 aliphatic carbocycles. The molecule has 0 bridgehead atoms. The molecule has 0 aliphatic heterocycles. The summed E-state index contributed by atoms with van der Waals surface area (Å²) in [5.74, 6) is -11.7. The Morgan fingerprint density at radius 1 is 1.17 bits per heavy atom. The lowest BCUT2D eigenvalue weighted by molar-refractivity contribution is -0.181. The summed E-state index contributed by atoms with van der Waals surface area (Å²) in [5, 5.41) is 21.9. The molecule has 3 unspecified atom stereocenters. The number of aromatic hydroxyl groups is 1. The lowest BCUT2D eigenvalue weighted by Crippen LogP contribution is -2.74. The predicted molar refractivity (Wildman–Crippen MR) is 120 cm³/mol. The van der Waals surface area contributed by atoms with E-state index < -0.39 is 80.1 Å². The summed E-state index contributed by atoms with van der Waals surface area (Å²) in [6.45, 7) is 0. The van der Waals surface area contributed by atoms with Crippen LogP contribution in [0.1, 0.15) is 22.3 Å². The monoisotopic (exact) mass is 507 g/mol. The molecule has 6 atom stereocenters. The molecule has 5 N–H and O–H groups in total. The number of hydrogen-bond acceptors (Lipinski definition) is 10. The number of phenols is 1. The van der Waals surface area contributed by atoms with Crippen LogP contribution in [0.25, 0.3) is 0 Å². The quantitative estimate of drug-likeness (QED) is 0.267. The van der Waals surface area contributed by atoms with Crippen molar-refractivity contribution in [3.63, 3.8) is 0 Å². The number of amides is 1. The van der Waals surface area contributed by atoms with Gasteiger partial charge in [-0.15, -0.1) is 0 Å². The average Bonchev–Trinajstić information content (AvgIpc) is 2.71. The van der Waals surface area contributed by atoms with Gasteiger partial charge in [-0.2, -0.15) is 0 Å². The van der Waals surface area contributed by atoms with E-state index in [2.05, 4.69) is 4.72 Å². The number of nitrogens with one attached hydrogen (secondary N) is 1. The highest BCUT2D eigenvalue weighted by Gasteiger charge is 2.69. The second-order valence-electron chi connectivity index (χ2n) is 9.65. The molecule has 13 heteroatoms. The summed E-state index contributed by atoms with van der Waals surface area (Å²) >= 11 is 0. The van der Waals surface area contributed by atoms with Crippen molar-refractivity contribution < 1.29 is 42.6 Å². The van der Waals surface area contributed by atoms with Crippen LogP contribution in [0, 0.1) is 23.7 Å². The average molecular weight is 508 g/mol. The van der Waals surface area contributed by atoms with Gasteiger partial charge in [-0.05, 0) is 50.6 Å². The van der Waals surface area contributed by atoms with E-state index in [4.69, 9.17) is 5.73 Å². The van der Waals surface area contributed by atoms with Crippen molar-refractivity contribution in [2.45, 2.75) is 24.5 Å². The first-order chi connectivity index (χ1) is 16.1. The van der Waals surface area contributed by atoms with Gasteiger partial charge in [-0.1, -0.05) is 0 Å². The van der Waals surface area contributed by atoms with Crippen LogP contribution in [0.4, 0.5) is 5.69 Å². The van der Waals surface area contributed by atoms with Crippen molar-refractivity contribution in [3.05, 3.63) is 23.3 Å². The third-order valence-electron chi connectivity index (χ3n) is 7.24. The molecule has 0 heterocycles. The molecular formula is C22H25N3O9S. The van der Waals surface area contributed by atoms with Crippen LogP contribution in [0.5, 0.6) is 5.75 Å². The first kappa shape index (κ1) is 24.9. The second kappa shape index (κ2) is 7.93. The number of benzene rings is 1. The number of anilines is 1. The number of carbonyl (C=O) groups excluding carboxylic acids is 5. The Hall–Kier alpha value is -3.16. The number of ketones is 4. The van der Waals surface area contributed by atoms with Crippen LogP contribution < -0.4 is 10.5 Å². The Bertz CT molecular complexity index is 1310. The van der Waals surface area contributed by atoms with Gasteiger partial charge in [0.2, 0.25) is 15.9 Å². The van der Waals surface area contributed by atoms with Gasteiger partial charge < -0.3 is 15.9 Å². The highest BCUT2D eigenvalue weighted by atomic mass is 32.2. The van der Waals surface area contributed by atoms with Crippen molar-refractivity contribution in [1.29, 1.82) is 0 Å². The first-order valence-corrected chi connectivity index (χ1v) is 12.7. The molecule has 3 aliphatic rings. The maximum absolute atomic E-state index is 13.6. The van der Waals surface area contributed by atoms with Gasteiger partial charge in [0.05, 0.1) is 29.5 Å². The minimum absolute atomic E-state index is 0.0436. The number of carbonyl (C=O) groups is 5. The molecule has 188 valence electrons. The van der Waals surface area contributed by atoms with E-state index in [9.17, 15) is 42.6 Å². The number of nitrogens with zero attached hydrogens (tertiary/aromatic N) is 1. The molecule has 12 nitrogen and oxygen atoms in total. The number of rotatable bonds is 4. The fourth-order valence-corrected chi connectivity index (χ4v) is 6.49. The van der Waals surface area contributed by atoms with Crippen LogP contribution in [0.15, 0.2) is 12.1 Å². The SMILES string of the molecule is CN(C)C1C(=O)C(C(N)=O)C(=O)[C@]2(O)C(=O)C3C(=O)c4c(O)ccc(NS(C)(=O)=O)c4C[C@@H]3C[C@H]12. The number of nitrogens with two attached hydrogens (primary N) is 1. The summed E-state index contributed by atoms with van der Waals surface area (Å²) in [6, 6.07) is 1.18. The fourth-order valence-electron chi connectivity index (χ4n) is 5.90. The highest BCUT2D eigenvalue weighted by Crippen LogP contribution is 2.51. The summed E-state index contributed by atoms with van der Waals surface area (Å²) in [5.41, 5.74) is 2.39. The number of phenolic OH excluding ortho intramolecular Hbond substituents is 1. The molecule has 0 aromatic heterocycles. The van der Waals surface area contributed by atoms with E-state index in [1.165, 1.54) is 25.1 Å². The fraction of sp³-hybridized carbons (Fsp3) is 0.500. The van der Waals surface area contributed by atoms with E-state index in [0.717, 1.165) is 12.3 Å². The number of likely N-dealkylation sites (N-methyl/N-ethyl adjacent to an activating group) is 1. The molecule has 1 aromatic carbocycles. The van der Waals surface area contributed by atoms with Gasteiger partial charge >= 0.3 is 0 Å². The van der Waals surface area contributed by atoms with Crippen molar-refractivity contribution in [3.8, 4) is 5.75 Å². The van der Waals surface area contributed by atoms with Crippen LogP contribution in [0.2, 0.25) is 0 Å². The summed E-state index contributed by atoms with van der Waals surface area (Å²) in [7, 11) is -0.774. The Morgan fingerprint density at radius 3 is 2.34 bits per heavy atom. The topological polar surface area (TPSA) is 201 Å². The minimum Gasteiger partial charge on any atom is -0.507 e. The number of fused-ring (bicyclic) bond motifs is 3. The van der Waals surface area contributed by atoms with Gasteiger partial charge in [-0.25, -0.2) is 8.42 Å². The summed E-state index contributed by atoms with van der Waals surface area (Å²) in [4.78, 5) is 66.7. The van der Waals surface area contributed by atoms with E-state index in [1.807, 2.05) is 0 Å². The van der Waals surface area contributed by atoms with Crippen molar-refractivity contribution in [2.24, 2.45) is 29.4 Å². The Morgan fingerprint density at radius 2 is 1.80 bits per heavy atom. The number of hydrogen-bond donors (Lipinski definition) is 4. The highest BCUT2D eigenvalue weighted by molar-refractivity contribution is 7.92. The van der Waals surface area contributed by atoms with Crippen molar-refractivity contribution >= 4 is 44.8 Å². The van der Waals surface area contributed by atoms with Crippen molar-refractivity contribution in [1.82, 2.24) is 4.90 Å². The lowest BCUT2D eigenvalue weighted by Gasteiger charge is -2.52. The molecule has 1 amide bonds.